The van der Waals surface area contributed by atoms with Crippen molar-refractivity contribution in [3.05, 3.63) is 35.9 Å². The Kier molecular flexibility index (Phi) is 4.50. The van der Waals surface area contributed by atoms with Crippen LogP contribution in [0.25, 0.3) is 0 Å². The number of aliphatic hydroxyl groups excluding tert-OH is 1. The van der Waals surface area contributed by atoms with Crippen molar-refractivity contribution in [2.75, 3.05) is 0 Å². The van der Waals surface area contributed by atoms with Crippen LogP contribution in [0, 0.1) is 5.92 Å². The minimum absolute atomic E-state index is 0.155. The molecule has 0 radical (unpaired) electrons. The Balaban J connectivity index is 2.67. The van der Waals surface area contributed by atoms with Gasteiger partial charge in [-0.3, -0.25) is 4.79 Å². The van der Waals surface area contributed by atoms with Crippen LogP contribution in [0.15, 0.2) is 30.3 Å². The molecule has 0 aliphatic heterocycles. The summed E-state index contributed by atoms with van der Waals surface area (Å²) in [7, 11) is 0. The van der Waals surface area contributed by atoms with E-state index in [0.29, 0.717) is 0 Å². The van der Waals surface area contributed by atoms with E-state index in [4.69, 9.17) is 4.74 Å². The second-order valence-corrected chi connectivity index (χ2v) is 4.13. The lowest BCUT2D eigenvalue weighted by molar-refractivity contribution is -0.155. The van der Waals surface area contributed by atoms with E-state index in [1.54, 1.807) is 32.9 Å². The van der Waals surface area contributed by atoms with Crippen molar-refractivity contribution in [1.82, 2.24) is 0 Å². The van der Waals surface area contributed by atoms with Crippen molar-refractivity contribution in [2.24, 2.45) is 5.92 Å². The van der Waals surface area contributed by atoms with Crippen molar-refractivity contribution < 1.29 is 14.6 Å². The highest BCUT2D eigenvalue weighted by molar-refractivity contribution is 5.73. The molecule has 3 heteroatoms. The molecule has 1 aromatic rings. The average Bonchev–Trinajstić information content (AvgIpc) is 2.27. The summed E-state index contributed by atoms with van der Waals surface area (Å²) in [6.07, 6.45) is -0.967. The smallest absolute Gasteiger partial charge is 0.311 e. The lowest BCUT2D eigenvalue weighted by Crippen LogP contribution is -2.24. The minimum Gasteiger partial charge on any atom is -0.463 e. The average molecular weight is 222 g/mol. The van der Waals surface area contributed by atoms with Crippen LogP contribution in [0.4, 0.5) is 0 Å². The van der Waals surface area contributed by atoms with Gasteiger partial charge in [-0.25, -0.2) is 0 Å². The first-order valence-corrected chi connectivity index (χ1v) is 5.46. The topological polar surface area (TPSA) is 46.5 Å². The second kappa shape index (κ2) is 5.66. The van der Waals surface area contributed by atoms with Crippen molar-refractivity contribution in [2.45, 2.75) is 33.0 Å². The minimum atomic E-state index is -0.813. The van der Waals surface area contributed by atoms with E-state index < -0.39 is 12.0 Å². The molecule has 0 spiro atoms. The molecular weight excluding hydrogens is 204 g/mol. The maximum absolute atomic E-state index is 11.6. The van der Waals surface area contributed by atoms with E-state index >= 15 is 0 Å². The fourth-order valence-corrected chi connectivity index (χ4v) is 1.41. The fraction of sp³-hybridized carbons (Fsp3) is 0.462. The summed E-state index contributed by atoms with van der Waals surface area (Å²) in [6.45, 7) is 5.25. The summed E-state index contributed by atoms with van der Waals surface area (Å²) in [5, 5.41) is 9.97. The van der Waals surface area contributed by atoms with Gasteiger partial charge >= 0.3 is 5.97 Å². The molecule has 88 valence electrons. The summed E-state index contributed by atoms with van der Waals surface area (Å²) in [5.41, 5.74) is 0.732. The highest BCUT2D eigenvalue weighted by atomic mass is 16.5. The molecule has 0 heterocycles. The maximum atomic E-state index is 11.6. The third kappa shape index (κ3) is 3.35. The van der Waals surface area contributed by atoms with Crippen molar-refractivity contribution in [3.8, 4) is 0 Å². The summed E-state index contributed by atoms with van der Waals surface area (Å²) in [5.74, 6) is -0.920. The molecule has 0 unspecified atom stereocenters. The van der Waals surface area contributed by atoms with Gasteiger partial charge in [0, 0.05) is 0 Å². The summed E-state index contributed by atoms with van der Waals surface area (Å²) in [6, 6.07) is 9.12. The highest BCUT2D eigenvalue weighted by Gasteiger charge is 2.25. The number of hydrogen-bond acceptors (Lipinski definition) is 3. The molecule has 0 bridgehead atoms. The van der Waals surface area contributed by atoms with Crippen LogP contribution in [0.1, 0.15) is 32.4 Å². The fourth-order valence-electron chi connectivity index (χ4n) is 1.41. The van der Waals surface area contributed by atoms with E-state index in [1.165, 1.54) is 0 Å². The molecule has 0 aliphatic rings. The predicted octanol–water partition coefficient (Wildman–Crippen LogP) is 2.31. The van der Waals surface area contributed by atoms with Crippen molar-refractivity contribution in [1.29, 1.82) is 0 Å². The largest absolute Gasteiger partial charge is 0.463 e. The van der Waals surface area contributed by atoms with Gasteiger partial charge in [0.1, 0.15) is 0 Å². The number of ether oxygens (including phenoxy) is 1. The molecule has 0 saturated heterocycles. The maximum Gasteiger partial charge on any atom is 0.311 e. The predicted molar refractivity (Wildman–Crippen MR) is 61.8 cm³/mol. The van der Waals surface area contributed by atoms with Gasteiger partial charge in [0.25, 0.3) is 0 Å². The van der Waals surface area contributed by atoms with Gasteiger partial charge in [-0.1, -0.05) is 30.3 Å². The Bertz CT molecular complexity index is 332. The third-order valence-corrected chi connectivity index (χ3v) is 2.34. The first-order chi connectivity index (χ1) is 7.52. The molecule has 16 heavy (non-hydrogen) atoms. The molecule has 3 nitrogen and oxygen atoms in total. The summed E-state index contributed by atoms with van der Waals surface area (Å²) in [4.78, 5) is 11.6. The number of hydrogen-bond donors (Lipinski definition) is 1. The van der Waals surface area contributed by atoms with Crippen molar-refractivity contribution in [3.63, 3.8) is 0 Å². The summed E-state index contributed by atoms with van der Waals surface area (Å²) < 4.78 is 5.06. The Morgan fingerprint density at radius 3 is 2.25 bits per heavy atom. The zero-order valence-corrected chi connectivity index (χ0v) is 9.88. The van der Waals surface area contributed by atoms with Crippen molar-refractivity contribution >= 4 is 5.97 Å². The van der Waals surface area contributed by atoms with E-state index in [1.807, 2.05) is 18.2 Å². The Labute approximate surface area is 96.1 Å². The third-order valence-electron chi connectivity index (χ3n) is 2.34. The molecule has 0 aromatic heterocycles. The second-order valence-electron chi connectivity index (χ2n) is 4.13. The standard InChI is InChI=1S/C13H18O3/c1-9(2)16-13(15)10(3)12(14)11-7-5-4-6-8-11/h4-10,12,14H,1-3H3/t10-,12-/m0/s1. The Hall–Kier alpha value is -1.35. The van der Waals surface area contributed by atoms with Crippen LogP contribution in [-0.4, -0.2) is 17.2 Å². The normalized spacial score (nSPS) is 14.6. The molecule has 0 saturated carbocycles. The molecule has 0 fully saturated rings. The van der Waals surface area contributed by atoms with Gasteiger partial charge in [0.2, 0.25) is 0 Å². The quantitative estimate of drug-likeness (QED) is 0.795. The van der Waals surface area contributed by atoms with Gasteiger partial charge in [-0.15, -0.1) is 0 Å². The van der Waals surface area contributed by atoms with Crippen LogP contribution < -0.4 is 0 Å². The molecule has 2 atom stereocenters. The molecule has 1 aromatic carbocycles. The Morgan fingerprint density at radius 2 is 1.75 bits per heavy atom. The lowest BCUT2D eigenvalue weighted by Gasteiger charge is -2.19. The van der Waals surface area contributed by atoms with E-state index in [9.17, 15) is 9.90 Å². The molecule has 1 N–H and O–H groups in total. The highest BCUT2D eigenvalue weighted by Crippen LogP contribution is 2.22. The van der Waals surface area contributed by atoms with Gasteiger partial charge in [-0.05, 0) is 26.3 Å². The number of esters is 1. The number of benzene rings is 1. The summed E-state index contributed by atoms with van der Waals surface area (Å²) >= 11 is 0. The first-order valence-electron chi connectivity index (χ1n) is 5.46. The van der Waals surface area contributed by atoms with Gasteiger partial charge in [-0.2, -0.15) is 0 Å². The zero-order chi connectivity index (χ0) is 12.1. The Morgan fingerprint density at radius 1 is 1.19 bits per heavy atom. The van der Waals surface area contributed by atoms with Gasteiger partial charge < -0.3 is 9.84 Å². The van der Waals surface area contributed by atoms with Crippen LogP contribution in [0.3, 0.4) is 0 Å². The molecule has 0 aliphatic carbocycles. The van der Waals surface area contributed by atoms with Crippen LogP contribution in [0.2, 0.25) is 0 Å². The number of carbonyl (C=O) groups excluding carboxylic acids is 1. The van der Waals surface area contributed by atoms with Gasteiger partial charge in [0.05, 0.1) is 18.1 Å². The van der Waals surface area contributed by atoms with Crippen LogP contribution >= 0.6 is 0 Å². The first kappa shape index (κ1) is 12.7. The van der Waals surface area contributed by atoms with Crippen LogP contribution in [0.5, 0.6) is 0 Å². The molecular formula is C13H18O3. The van der Waals surface area contributed by atoms with E-state index in [-0.39, 0.29) is 12.1 Å². The number of aliphatic hydroxyl groups is 1. The zero-order valence-electron chi connectivity index (χ0n) is 9.88. The molecule has 1 rings (SSSR count). The van der Waals surface area contributed by atoms with Crippen LogP contribution in [-0.2, 0) is 9.53 Å². The molecule has 0 amide bonds. The number of rotatable bonds is 4. The monoisotopic (exact) mass is 222 g/mol. The number of carbonyl (C=O) groups is 1. The van der Waals surface area contributed by atoms with Gasteiger partial charge in [0.15, 0.2) is 0 Å². The van der Waals surface area contributed by atoms with E-state index in [0.717, 1.165) is 5.56 Å². The SMILES string of the molecule is CC(C)OC(=O)[C@@H](C)[C@H](O)c1ccccc1. The lowest BCUT2D eigenvalue weighted by atomic mass is 9.98. The van der Waals surface area contributed by atoms with E-state index in [2.05, 4.69) is 0 Å².